The van der Waals surface area contributed by atoms with E-state index in [1.807, 2.05) is 6.92 Å². The molecule has 1 aromatic rings. The highest BCUT2D eigenvalue weighted by atomic mass is 16.6. The summed E-state index contributed by atoms with van der Waals surface area (Å²) in [7, 11) is 1.54. The molecule has 28 heavy (non-hydrogen) atoms. The first-order valence-corrected chi connectivity index (χ1v) is 9.41. The lowest BCUT2D eigenvalue weighted by Crippen LogP contribution is -2.45. The molecule has 8 heteroatoms. The minimum absolute atomic E-state index is 0.0785. The lowest BCUT2D eigenvalue weighted by molar-refractivity contribution is -0.142. The van der Waals surface area contributed by atoms with Gasteiger partial charge in [-0.05, 0) is 32.8 Å². The van der Waals surface area contributed by atoms with E-state index in [9.17, 15) is 9.59 Å². The molecule has 1 aromatic carbocycles. The van der Waals surface area contributed by atoms with E-state index in [0.717, 1.165) is 12.8 Å². The Morgan fingerprint density at radius 1 is 1.36 bits per heavy atom. The molecule has 0 aliphatic carbocycles. The Labute approximate surface area is 164 Å². The Hall–Kier alpha value is -2.74. The van der Waals surface area contributed by atoms with Gasteiger partial charge in [-0.2, -0.15) is 0 Å². The van der Waals surface area contributed by atoms with Gasteiger partial charge in [0, 0.05) is 17.9 Å². The van der Waals surface area contributed by atoms with Crippen LogP contribution in [0.2, 0.25) is 0 Å². The van der Waals surface area contributed by atoms with Crippen molar-refractivity contribution in [1.29, 1.82) is 0 Å². The van der Waals surface area contributed by atoms with Gasteiger partial charge in [0.2, 0.25) is 0 Å². The maximum atomic E-state index is 12.9. The molecule has 152 valence electrons. The SMILES string of the molecule is CCOc1c(OC)cccc1C1NC(=O)NC(C)=C1C(=O)OCC1CCCO1. The molecular formula is C20H26N2O6. The summed E-state index contributed by atoms with van der Waals surface area (Å²) in [6.07, 6.45) is 1.75. The molecular weight excluding hydrogens is 364 g/mol. The largest absolute Gasteiger partial charge is 0.493 e. The zero-order valence-electron chi connectivity index (χ0n) is 16.4. The molecule has 2 unspecified atom stereocenters. The van der Waals surface area contributed by atoms with Crippen LogP contribution in [-0.2, 0) is 14.3 Å². The third-order valence-electron chi connectivity index (χ3n) is 4.74. The van der Waals surface area contributed by atoms with Crippen LogP contribution in [0, 0.1) is 0 Å². The molecule has 2 aliphatic heterocycles. The molecule has 0 saturated carbocycles. The molecule has 2 heterocycles. The van der Waals surface area contributed by atoms with Crippen molar-refractivity contribution in [2.45, 2.75) is 38.8 Å². The average Bonchev–Trinajstić information content (AvgIpc) is 3.19. The van der Waals surface area contributed by atoms with E-state index in [1.54, 1.807) is 32.2 Å². The van der Waals surface area contributed by atoms with Crippen LogP contribution >= 0.6 is 0 Å². The van der Waals surface area contributed by atoms with E-state index < -0.39 is 18.0 Å². The van der Waals surface area contributed by atoms with Gasteiger partial charge in [0.05, 0.1) is 31.4 Å². The first kappa shape index (κ1) is 20.0. The predicted octanol–water partition coefficient (Wildman–Crippen LogP) is 2.44. The van der Waals surface area contributed by atoms with E-state index in [4.69, 9.17) is 18.9 Å². The van der Waals surface area contributed by atoms with Gasteiger partial charge in [0.1, 0.15) is 6.61 Å². The van der Waals surface area contributed by atoms with Crippen LogP contribution in [0.5, 0.6) is 11.5 Å². The smallest absolute Gasteiger partial charge is 0.338 e. The Bertz CT molecular complexity index is 770. The fourth-order valence-corrected chi connectivity index (χ4v) is 3.44. The van der Waals surface area contributed by atoms with Crippen molar-refractivity contribution in [2.75, 3.05) is 26.9 Å². The molecule has 2 atom stereocenters. The van der Waals surface area contributed by atoms with E-state index in [2.05, 4.69) is 10.6 Å². The molecule has 0 aromatic heterocycles. The summed E-state index contributed by atoms with van der Waals surface area (Å²) in [4.78, 5) is 25.0. The summed E-state index contributed by atoms with van der Waals surface area (Å²) in [6, 6.07) is 4.23. The van der Waals surface area contributed by atoms with Crippen LogP contribution in [0.15, 0.2) is 29.5 Å². The summed E-state index contributed by atoms with van der Waals surface area (Å²) < 4.78 is 22.2. The monoisotopic (exact) mass is 390 g/mol. The molecule has 2 N–H and O–H groups in total. The van der Waals surface area contributed by atoms with E-state index in [0.29, 0.717) is 41.5 Å². The lowest BCUT2D eigenvalue weighted by Gasteiger charge is -2.29. The van der Waals surface area contributed by atoms with Crippen LogP contribution in [0.25, 0.3) is 0 Å². The Balaban J connectivity index is 1.92. The molecule has 0 radical (unpaired) electrons. The first-order chi connectivity index (χ1) is 13.5. The van der Waals surface area contributed by atoms with Gasteiger partial charge in [-0.15, -0.1) is 0 Å². The standard InChI is InChI=1S/C20H26N2O6/c1-4-26-18-14(8-5-9-15(18)25-3)17-16(12(2)21-20(24)22-17)19(23)28-11-13-7-6-10-27-13/h5,8-9,13,17H,4,6-7,10-11H2,1-3H3,(H2,21,22,24). The van der Waals surface area contributed by atoms with Crippen molar-refractivity contribution in [3.63, 3.8) is 0 Å². The number of hydrogen-bond donors (Lipinski definition) is 2. The summed E-state index contributed by atoms with van der Waals surface area (Å²) >= 11 is 0. The van der Waals surface area contributed by atoms with Crippen molar-refractivity contribution in [3.8, 4) is 11.5 Å². The second-order valence-electron chi connectivity index (χ2n) is 6.62. The number of amides is 2. The normalized spacial score (nSPS) is 21.8. The molecule has 0 spiro atoms. The van der Waals surface area contributed by atoms with Crippen molar-refractivity contribution in [2.24, 2.45) is 0 Å². The van der Waals surface area contributed by atoms with Gasteiger partial charge >= 0.3 is 12.0 Å². The first-order valence-electron chi connectivity index (χ1n) is 9.41. The number of methoxy groups -OCH3 is 1. The molecule has 0 bridgehead atoms. The molecule has 1 fully saturated rings. The second kappa shape index (κ2) is 8.97. The molecule has 1 saturated heterocycles. The molecule has 8 nitrogen and oxygen atoms in total. The van der Waals surface area contributed by atoms with Crippen LogP contribution in [0.3, 0.4) is 0 Å². The second-order valence-corrected chi connectivity index (χ2v) is 6.62. The maximum absolute atomic E-state index is 12.9. The van der Waals surface area contributed by atoms with Gasteiger partial charge in [0.15, 0.2) is 11.5 Å². The van der Waals surface area contributed by atoms with Crippen molar-refractivity contribution < 1.29 is 28.5 Å². The van der Waals surface area contributed by atoms with Crippen LogP contribution in [0.1, 0.15) is 38.3 Å². The zero-order chi connectivity index (χ0) is 20.1. The van der Waals surface area contributed by atoms with Gasteiger partial charge in [-0.25, -0.2) is 9.59 Å². The summed E-state index contributed by atoms with van der Waals surface area (Å²) in [5, 5.41) is 5.44. The summed E-state index contributed by atoms with van der Waals surface area (Å²) in [6.45, 7) is 4.82. The number of esters is 1. The fraction of sp³-hybridized carbons (Fsp3) is 0.500. The number of nitrogens with one attached hydrogen (secondary N) is 2. The Morgan fingerprint density at radius 2 is 2.18 bits per heavy atom. The van der Waals surface area contributed by atoms with E-state index in [-0.39, 0.29) is 12.7 Å². The zero-order valence-corrected chi connectivity index (χ0v) is 16.4. The van der Waals surface area contributed by atoms with Gasteiger partial charge in [0.25, 0.3) is 0 Å². The minimum atomic E-state index is -0.720. The van der Waals surface area contributed by atoms with Crippen molar-refractivity contribution >= 4 is 12.0 Å². The number of hydrogen-bond acceptors (Lipinski definition) is 6. The number of benzene rings is 1. The van der Waals surface area contributed by atoms with Gasteiger partial charge < -0.3 is 29.6 Å². The average molecular weight is 390 g/mol. The van der Waals surface area contributed by atoms with Gasteiger partial charge in [-0.1, -0.05) is 12.1 Å². The highest BCUT2D eigenvalue weighted by Gasteiger charge is 2.35. The predicted molar refractivity (Wildman–Crippen MR) is 101 cm³/mol. The number of para-hydroxylation sites is 1. The third kappa shape index (κ3) is 4.22. The molecule has 2 aliphatic rings. The highest BCUT2D eigenvalue weighted by molar-refractivity contribution is 5.95. The van der Waals surface area contributed by atoms with E-state index in [1.165, 1.54) is 0 Å². The molecule has 2 amide bonds. The van der Waals surface area contributed by atoms with Gasteiger partial charge in [-0.3, -0.25) is 0 Å². The van der Waals surface area contributed by atoms with E-state index >= 15 is 0 Å². The number of urea groups is 1. The Kier molecular flexibility index (Phi) is 6.41. The van der Waals surface area contributed by atoms with Crippen molar-refractivity contribution in [1.82, 2.24) is 10.6 Å². The van der Waals surface area contributed by atoms with Crippen LogP contribution in [0.4, 0.5) is 4.79 Å². The number of carbonyl (C=O) groups is 2. The van der Waals surface area contributed by atoms with Crippen LogP contribution < -0.4 is 20.1 Å². The molecule has 3 rings (SSSR count). The topological polar surface area (TPSA) is 95.1 Å². The van der Waals surface area contributed by atoms with Crippen molar-refractivity contribution in [3.05, 3.63) is 35.0 Å². The number of allylic oxidation sites excluding steroid dienone is 1. The summed E-state index contributed by atoms with van der Waals surface area (Å²) in [5.41, 5.74) is 1.39. The number of ether oxygens (including phenoxy) is 4. The number of rotatable bonds is 7. The van der Waals surface area contributed by atoms with Crippen LogP contribution in [-0.4, -0.2) is 45.0 Å². The highest BCUT2D eigenvalue weighted by Crippen LogP contribution is 2.39. The quantitative estimate of drug-likeness (QED) is 0.695. The maximum Gasteiger partial charge on any atom is 0.338 e. The minimum Gasteiger partial charge on any atom is -0.493 e. The number of carbonyl (C=O) groups excluding carboxylic acids is 2. The summed E-state index contributed by atoms with van der Waals surface area (Å²) in [5.74, 6) is 0.504. The lowest BCUT2D eigenvalue weighted by atomic mass is 9.94. The fourth-order valence-electron chi connectivity index (χ4n) is 3.44. The third-order valence-corrected chi connectivity index (χ3v) is 4.74. The Morgan fingerprint density at radius 3 is 2.86 bits per heavy atom.